The van der Waals surface area contributed by atoms with Crippen molar-refractivity contribution in [1.82, 2.24) is 8.54 Å². The molecule has 0 aliphatic carbocycles. The highest BCUT2D eigenvalue weighted by molar-refractivity contribution is 14.2. The molecule has 2 aromatic heterocycles. The monoisotopic (exact) mass is 531 g/mol. The molecule has 0 atom stereocenters. The fourth-order valence-electron chi connectivity index (χ4n) is 3.84. The Labute approximate surface area is 189 Å². The van der Waals surface area contributed by atoms with Gasteiger partial charge in [0.2, 0.25) is 0 Å². The molecule has 8 heteroatoms. The number of fused-ring (bicyclic) bond motifs is 1. The van der Waals surface area contributed by atoms with E-state index >= 15 is 0 Å². The van der Waals surface area contributed by atoms with Crippen molar-refractivity contribution in [3.8, 4) is 11.4 Å². The van der Waals surface area contributed by atoms with Gasteiger partial charge in [-0.25, -0.2) is 4.79 Å². The number of carboxylic acids is 1. The standard InChI is InChI=1S/C22H18IN3O3S/c23-30-26-11-8-15-12-16(6-7-19(15)26)29-17-13-25(14-17)20-5-3-4-18(22(27)28)21(20)24-9-1-2-10-24/h1-12,17H,13-14H2,(H,27,28). The number of aromatic carboxylic acids is 1. The quantitative estimate of drug-likeness (QED) is 0.345. The average Bonchev–Trinajstić information content (AvgIpc) is 3.39. The van der Waals surface area contributed by atoms with Crippen LogP contribution in [0.25, 0.3) is 16.6 Å². The van der Waals surface area contributed by atoms with E-state index in [2.05, 4.69) is 54.5 Å². The first kappa shape index (κ1) is 19.4. The number of carboxylic acid groups (broad SMARTS) is 1. The summed E-state index contributed by atoms with van der Waals surface area (Å²) >= 11 is 2.27. The summed E-state index contributed by atoms with van der Waals surface area (Å²) < 4.78 is 10.2. The van der Waals surface area contributed by atoms with Gasteiger partial charge in [-0.3, -0.25) is 3.97 Å². The van der Waals surface area contributed by atoms with Crippen molar-refractivity contribution in [3.05, 3.63) is 78.8 Å². The number of nitrogens with zero attached hydrogens (tertiary/aromatic N) is 3. The summed E-state index contributed by atoms with van der Waals surface area (Å²) in [5.74, 6) is -0.0768. The van der Waals surface area contributed by atoms with Gasteiger partial charge in [0.05, 0.1) is 35.5 Å². The van der Waals surface area contributed by atoms with E-state index in [-0.39, 0.29) is 11.7 Å². The number of anilines is 1. The summed E-state index contributed by atoms with van der Waals surface area (Å²) in [7, 11) is 1.64. The second kappa shape index (κ2) is 7.92. The summed E-state index contributed by atoms with van der Waals surface area (Å²) in [5, 5.41) is 10.8. The smallest absolute Gasteiger partial charge is 0.337 e. The number of hydrogen-bond donors (Lipinski definition) is 1. The summed E-state index contributed by atoms with van der Waals surface area (Å²) in [5.41, 5.74) is 3.04. The number of rotatable bonds is 6. The van der Waals surface area contributed by atoms with Crippen LogP contribution in [0.1, 0.15) is 10.4 Å². The summed E-state index contributed by atoms with van der Waals surface area (Å²) in [6.07, 6.45) is 5.85. The highest BCUT2D eigenvalue weighted by Gasteiger charge is 2.31. The molecule has 152 valence electrons. The minimum absolute atomic E-state index is 0.0643. The Morgan fingerprint density at radius 1 is 1.07 bits per heavy atom. The number of benzene rings is 2. The molecule has 3 heterocycles. The molecule has 4 aromatic rings. The zero-order valence-electron chi connectivity index (χ0n) is 15.8. The van der Waals surface area contributed by atoms with Gasteiger partial charge in [-0.15, -0.1) is 0 Å². The van der Waals surface area contributed by atoms with Crippen molar-refractivity contribution in [2.24, 2.45) is 0 Å². The van der Waals surface area contributed by atoms with E-state index in [0.29, 0.717) is 18.8 Å². The van der Waals surface area contributed by atoms with Crippen molar-refractivity contribution in [2.75, 3.05) is 18.0 Å². The van der Waals surface area contributed by atoms with Crippen LogP contribution in [0.2, 0.25) is 0 Å². The van der Waals surface area contributed by atoms with Crippen LogP contribution in [0.15, 0.2) is 73.2 Å². The Morgan fingerprint density at radius 2 is 1.87 bits per heavy atom. The average molecular weight is 531 g/mol. The van der Waals surface area contributed by atoms with Crippen molar-refractivity contribution >= 4 is 52.9 Å². The fourth-order valence-corrected chi connectivity index (χ4v) is 5.22. The van der Waals surface area contributed by atoms with Crippen LogP contribution in [0.3, 0.4) is 0 Å². The summed E-state index contributed by atoms with van der Waals surface area (Å²) in [4.78, 5) is 13.9. The first-order valence-corrected chi connectivity index (χ1v) is 12.8. The first-order chi connectivity index (χ1) is 14.6. The Balaban J connectivity index is 1.35. The topological polar surface area (TPSA) is 59.6 Å². The molecular formula is C22H18IN3O3S. The number of aromatic nitrogens is 2. The maximum Gasteiger partial charge on any atom is 0.337 e. The maximum absolute atomic E-state index is 11.8. The van der Waals surface area contributed by atoms with E-state index in [4.69, 9.17) is 4.74 Å². The van der Waals surface area contributed by atoms with Gasteiger partial charge in [0.15, 0.2) is 0 Å². The van der Waals surface area contributed by atoms with E-state index in [0.717, 1.165) is 16.8 Å². The van der Waals surface area contributed by atoms with Crippen LogP contribution < -0.4 is 9.64 Å². The predicted octanol–water partition coefficient (Wildman–Crippen LogP) is 5.24. The van der Waals surface area contributed by atoms with Gasteiger partial charge in [0, 0.05) is 54.3 Å². The van der Waals surface area contributed by atoms with Gasteiger partial charge >= 0.3 is 5.97 Å². The zero-order chi connectivity index (χ0) is 20.7. The fraction of sp³-hybridized carbons (Fsp3) is 0.136. The molecule has 0 unspecified atom stereocenters. The Hall–Kier alpha value is -2.59. The normalized spacial score (nSPS) is 14.1. The van der Waals surface area contributed by atoms with Crippen molar-refractivity contribution < 1.29 is 14.6 Å². The van der Waals surface area contributed by atoms with E-state index in [1.165, 1.54) is 5.52 Å². The van der Waals surface area contributed by atoms with Crippen molar-refractivity contribution in [2.45, 2.75) is 6.10 Å². The molecule has 0 bridgehead atoms. The van der Waals surface area contributed by atoms with Gasteiger partial charge < -0.3 is 19.3 Å². The summed E-state index contributed by atoms with van der Waals surface area (Å²) in [6.45, 7) is 1.42. The van der Waals surface area contributed by atoms with Crippen LogP contribution in [-0.4, -0.2) is 38.8 Å². The lowest BCUT2D eigenvalue weighted by Crippen LogP contribution is -2.54. The van der Waals surface area contributed by atoms with Crippen LogP contribution in [0.4, 0.5) is 5.69 Å². The molecule has 1 fully saturated rings. The zero-order valence-corrected chi connectivity index (χ0v) is 18.8. The van der Waals surface area contributed by atoms with Gasteiger partial charge in [0.1, 0.15) is 11.9 Å². The first-order valence-electron chi connectivity index (χ1n) is 9.45. The highest BCUT2D eigenvalue weighted by Crippen LogP contribution is 2.33. The molecule has 1 aliphatic heterocycles. The molecule has 1 aliphatic rings. The van der Waals surface area contributed by atoms with Crippen LogP contribution in [-0.2, 0) is 0 Å². The Bertz CT molecular complexity index is 1220. The molecule has 0 amide bonds. The molecule has 2 aromatic carbocycles. The molecule has 1 N–H and O–H groups in total. The van der Waals surface area contributed by atoms with Crippen LogP contribution in [0, 0.1) is 0 Å². The third-order valence-electron chi connectivity index (χ3n) is 5.30. The van der Waals surface area contributed by atoms with E-state index in [1.54, 1.807) is 21.3 Å². The van der Waals surface area contributed by atoms with Crippen LogP contribution in [0.5, 0.6) is 5.75 Å². The lowest BCUT2D eigenvalue weighted by atomic mass is 10.1. The molecule has 6 nitrogen and oxygen atoms in total. The van der Waals surface area contributed by atoms with Crippen molar-refractivity contribution in [3.63, 3.8) is 0 Å². The molecular weight excluding hydrogens is 513 g/mol. The lowest BCUT2D eigenvalue weighted by molar-refractivity contribution is 0.0697. The minimum atomic E-state index is -0.932. The van der Waals surface area contributed by atoms with Gasteiger partial charge in [-0.05, 0) is 48.5 Å². The molecule has 0 spiro atoms. The number of ether oxygens (including phenoxy) is 1. The van der Waals surface area contributed by atoms with E-state index in [9.17, 15) is 9.90 Å². The lowest BCUT2D eigenvalue weighted by Gasteiger charge is -2.41. The molecule has 0 saturated carbocycles. The second-order valence-corrected chi connectivity index (χ2v) is 8.86. The van der Waals surface area contributed by atoms with Gasteiger partial charge in [-0.2, -0.15) is 0 Å². The minimum Gasteiger partial charge on any atom is -0.487 e. The molecule has 0 radical (unpaired) electrons. The Kier molecular flexibility index (Phi) is 5.11. The SMILES string of the molecule is O=C(O)c1cccc(N2CC(Oc3ccc4c(ccn4SI)c3)C2)c1-n1cccc1. The molecule has 5 rings (SSSR count). The maximum atomic E-state index is 11.8. The third kappa shape index (κ3) is 3.43. The third-order valence-corrected chi connectivity index (χ3v) is 7.04. The number of carbonyl (C=O) groups is 1. The number of hydrogen-bond acceptors (Lipinski definition) is 4. The summed E-state index contributed by atoms with van der Waals surface area (Å²) in [6, 6.07) is 17.4. The van der Waals surface area contributed by atoms with Gasteiger partial charge in [-0.1, -0.05) is 6.07 Å². The Morgan fingerprint density at radius 3 is 2.60 bits per heavy atom. The highest BCUT2D eigenvalue weighted by atomic mass is 127. The molecule has 30 heavy (non-hydrogen) atoms. The van der Waals surface area contributed by atoms with Crippen molar-refractivity contribution in [1.29, 1.82) is 0 Å². The van der Waals surface area contributed by atoms with Gasteiger partial charge in [0.25, 0.3) is 0 Å². The second-order valence-electron chi connectivity index (χ2n) is 7.14. The number of halogens is 1. The van der Waals surface area contributed by atoms with E-state index < -0.39 is 5.97 Å². The molecule has 1 saturated heterocycles. The largest absolute Gasteiger partial charge is 0.487 e. The van der Waals surface area contributed by atoms with E-state index in [1.807, 2.05) is 41.2 Å². The predicted molar refractivity (Wildman–Crippen MR) is 128 cm³/mol. The van der Waals surface area contributed by atoms with Crippen LogP contribution >= 0.6 is 30.3 Å². The number of para-hydroxylation sites is 1.